The summed E-state index contributed by atoms with van der Waals surface area (Å²) >= 11 is 0. The topological polar surface area (TPSA) is 99.3 Å². The van der Waals surface area contributed by atoms with Gasteiger partial charge in [0.25, 0.3) is 11.8 Å². The molecule has 0 radical (unpaired) electrons. The molecule has 1 fully saturated rings. The zero-order chi connectivity index (χ0) is 28.7. The first-order valence-corrected chi connectivity index (χ1v) is 12.8. The van der Waals surface area contributed by atoms with Gasteiger partial charge in [-0.15, -0.1) is 0 Å². The van der Waals surface area contributed by atoms with E-state index in [1.54, 1.807) is 38.1 Å². The third kappa shape index (κ3) is 4.77. The Kier molecular flexibility index (Phi) is 7.24. The zero-order valence-electron chi connectivity index (χ0n) is 22.2. The van der Waals surface area contributed by atoms with Crippen molar-refractivity contribution in [2.24, 2.45) is 0 Å². The Hall–Kier alpha value is -4.38. The van der Waals surface area contributed by atoms with Crippen LogP contribution in [0.2, 0.25) is 0 Å². The number of nitrogens with zero attached hydrogens (tertiary/aromatic N) is 3. The molecular weight excluding hydrogens is 522 g/mol. The van der Waals surface area contributed by atoms with Crippen LogP contribution in [-0.4, -0.2) is 70.7 Å². The van der Waals surface area contributed by atoms with Gasteiger partial charge < -0.3 is 19.9 Å². The fraction of sp³-hybridized carbons (Fsp3) is 0.310. The zero-order valence-corrected chi connectivity index (χ0v) is 22.2. The molecule has 1 N–H and O–H groups in total. The third-order valence-corrected chi connectivity index (χ3v) is 7.16. The van der Waals surface area contributed by atoms with E-state index < -0.39 is 41.4 Å². The highest BCUT2D eigenvalue weighted by Crippen LogP contribution is 2.40. The van der Waals surface area contributed by atoms with Crippen molar-refractivity contribution in [3.8, 4) is 0 Å². The number of carbonyl (C=O) groups excluding carboxylic acids is 4. The van der Waals surface area contributed by atoms with Crippen LogP contribution >= 0.6 is 0 Å². The number of hydrogen-bond acceptors (Lipinski definition) is 5. The Bertz CT molecular complexity index is 1470. The molecule has 0 bridgehead atoms. The number of nitrogens with one attached hydrogen (secondary N) is 1. The number of benzene rings is 2. The van der Waals surface area contributed by atoms with Gasteiger partial charge in [-0.25, -0.2) is 13.6 Å². The van der Waals surface area contributed by atoms with Crippen LogP contribution in [0, 0.1) is 11.6 Å². The minimum atomic E-state index is -1.45. The van der Waals surface area contributed by atoms with Gasteiger partial charge in [-0.2, -0.15) is 0 Å². The molecule has 2 heterocycles. The number of likely N-dealkylation sites (N-methyl/N-ethyl adjacent to an activating group) is 1. The van der Waals surface area contributed by atoms with Gasteiger partial charge in [0.1, 0.15) is 18.3 Å². The minimum absolute atomic E-state index is 0.0125. The van der Waals surface area contributed by atoms with Gasteiger partial charge in [0.2, 0.25) is 5.78 Å². The molecular formula is C29H28F2N4O5. The van der Waals surface area contributed by atoms with Crippen molar-refractivity contribution < 1.29 is 32.7 Å². The molecule has 40 heavy (non-hydrogen) atoms. The SMILES string of the molecule is CC(C)N1CN2C(=O)N(C)CC3=C(C(=O)NCc4ccc(F)cc4F)C(=O)C(OCc4ccccc4)C(=C32)C1=O. The molecule has 2 aromatic rings. The normalized spacial score (nSPS) is 19.1. The summed E-state index contributed by atoms with van der Waals surface area (Å²) in [5, 5.41) is 2.54. The predicted molar refractivity (Wildman–Crippen MR) is 139 cm³/mol. The Morgan fingerprint density at radius 1 is 1.10 bits per heavy atom. The monoisotopic (exact) mass is 550 g/mol. The van der Waals surface area contributed by atoms with Crippen molar-refractivity contribution in [3.63, 3.8) is 0 Å². The van der Waals surface area contributed by atoms with E-state index >= 15 is 0 Å². The van der Waals surface area contributed by atoms with Crippen LogP contribution in [0.4, 0.5) is 13.6 Å². The molecule has 208 valence electrons. The first kappa shape index (κ1) is 27.2. The van der Waals surface area contributed by atoms with Gasteiger partial charge in [0.05, 0.1) is 30.0 Å². The van der Waals surface area contributed by atoms with Gasteiger partial charge in [0.15, 0.2) is 6.10 Å². The molecule has 1 atom stereocenters. The van der Waals surface area contributed by atoms with Crippen molar-refractivity contribution in [1.29, 1.82) is 0 Å². The number of urea groups is 1. The lowest BCUT2D eigenvalue weighted by Crippen LogP contribution is -2.61. The molecule has 2 aliphatic heterocycles. The fourth-order valence-electron chi connectivity index (χ4n) is 5.09. The summed E-state index contributed by atoms with van der Waals surface area (Å²) in [5.74, 6) is -3.60. The second-order valence-corrected chi connectivity index (χ2v) is 10.2. The molecule has 0 saturated carbocycles. The Balaban J connectivity index is 1.58. The summed E-state index contributed by atoms with van der Waals surface area (Å²) < 4.78 is 33.6. The number of ketones is 1. The van der Waals surface area contributed by atoms with Crippen LogP contribution < -0.4 is 5.32 Å². The summed E-state index contributed by atoms with van der Waals surface area (Å²) in [6.45, 7) is 3.12. The molecule has 3 aliphatic rings. The summed E-state index contributed by atoms with van der Waals surface area (Å²) in [6.07, 6.45) is -1.45. The number of Topliss-reactive ketones (excluding diaryl/α,β-unsaturated/α-hetero) is 1. The van der Waals surface area contributed by atoms with E-state index in [-0.39, 0.29) is 60.4 Å². The summed E-state index contributed by atoms with van der Waals surface area (Å²) in [7, 11) is 1.54. The lowest BCUT2D eigenvalue weighted by atomic mass is 9.82. The quantitative estimate of drug-likeness (QED) is 0.535. The first-order valence-electron chi connectivity index (χ1n) is 12.8. The highest BCUT2D eigenvalue weighted by molar-refractivity contribution is 6.26. The molecule has 1 saturated heterocycles. The predicted octanol–water partition coefficient (Wildman–Crippen LogP) is 2.88. The minimum Gasteiger partial charge on any atom is -0.360 e. The van der Waals surface area contributed by atoms with Crippen molar-refractivity contribution in [3.05, 3.63) is 93.7 Å². The highest BCUT2D eigenvalue weighted by Gasteiger charge is 2.51. The molecule has 9 nitrogen and oxygen atoms in total. The van der Waals surface area contributed by atoms with Crippen LogP contribution in [0.25, 0.3) is 0 Å². The van der Waals surface area contributed by atoms with Crippen LogP contribution in [0.5, 0.6) is 0 Å². The summed E-state index contributed by atoms with van der Waals surface area (Å²) in [4.78, 5) is 58.7. The standard InChI is InChI=1S/C29H28F2N4O5/c1-16(2)34-15-35-24-20(13-33(3)29(35)39)22(27(37)32-12-18-9-10-19(30)11-21(18)31)25(36)26(23(24)28(34)38)40-14-17-7-5-4-6-8-17/h4-11,16,26H,12-15H2,1-3H3,(H,32,37). The van der Waals surface area contributed by atoms with Crippen molar-refractivity contribution >= 4 is 23.6 Å². The van der Waals surface area contributed by atoms with E-state index in [9.17, 15) is 28.0 Å². The third-order valence-electron chi connectivity index (χ3n) is 7.16. The van der Waals surface area contributed by atoms with E-state index in [0.29, 0.717) is 6.07 Å². The van der Waals surface area contributed by atoms with Crippen molar-refractivity contribution in [2.75, 3.05) is 20.3 Å². The first-order chi connectivity index (χ1) is 19.1. The van der Waals surface area contributed by atoms with Gasteiger partial charge in [-0.3, -0.25) is 19.3 Å². The van der Waals surface area contributed by atoms with Gasteiger partial charge >= 0.3 is 6.03 Å². The van der Waals surface area contributed by atoms with Gasteiger partial charge in [0, 0.05) is 36.8 Å². The number of carbonyl (C=O) groups is 4. The molecule has 11 heteroatoms. The fourth-order valence-corrected chi connectivity index (χ4v) is 5.09. The second-order valence-electron chi connectivity index (χ2n) is 10.2. The average Bonchev–Trinajstić information content (AvgIpc) is 2.91. The largest absolute Gasteiger partial charge is 0.360 e. The van der Waals surface area contributed by atoms with Gasteiger partial charge in [-0.1, -0.05) is 36.4 Å². The van der Waals surface area contributed by atoms with E-state index in [0.717, 1.165) is 11.6 Å². The maximum atomic E-state index is 14.2. The van der Waals surface area contributed by atoms with Crippen molar-refractivity contribution in [1.82, 2.24) is 20.0 Å². The van der Waals surface area contributed by atoms with Crippen LogP contribution in [0.1, 0.15) is 25.0 Å². The number of ether oxygens (including phenoxy) is 1. The van der Waals surface area contributed by atoms with Crippen molar-refractivity contribution in [2.45, 2.75) is 39.1 Å². The maximum Gasteiger partial charge on any atom is 0.326 e. The number of amides is 4. The maximum absolute atomic E-state index is 14.2. The Morgan fingerprint density at radius 3 is 2.50 bits per heavy atom. The molecule has 1 unspecified atom stereocenters. The summed E-state index contributed by atoms with van der Waals surface area (Å²) in [6, 6.07) is 11.3. The number of rotatable bonds is 7. The lowest BCUT2D eigenvalue weighted by molar-refractivity contribution is -0.139. The van der Waals surface area contributed by atoms with Crippen LogP contribution in [0.15, 0.2) is 70.9 Å². The highest BCUT2D eigenvalue weighted by atomic mass is 19.1. The number of hydrogen-bond donors (Lipinski definition) is 1. The van der Waals surface area contributed by atoms with E-state index in [1.807, 2.05) is 6.07 Å². The van der Waals surface area contributed by atoms with Crippen LogP contribution in [0.3, 0.4) is 0 Å². The van der Waals surface area contributed by atoms with E-state index in [1.165, 1.54) is 27.8 Å². The lowest BCUT2D eigenvalue weighted by Gasteiger charge is -2.48. The average molecular weight is 551 g/mol. The summed E-state index contributed by atoms with van der Waals surface area (Å²) in [5.41, 5.74) is 0.927. The van der Waals surface area contributed by atoms with E-state index in [4.69, 9.17) is 4.74 Å². The smallest absolute Gasteiger partial charge is 0.326 e. The molecule has 0 spiro atoms. The Labute approximate surface area is 229 Å². The Morgan fingerprint density at radius 2 is 1.82 bits per heavy atom. The molecule has 2 aromatic carbocycles. The molecule has 4 amide bonds. The van der Waals surface area contributed by atoms with E-state index in [2.05, 4.69) is 5.32 Å². The van der Waals surface area contributed by atoms with Gasteiger partial charge in [-0.05, 0) is 25.5 Å². The molecule has 5 rings (SSSR count). The molecule has 0 aromatic heterocycles. The number of halogens is 2. The molecule has 1 aliphatic carbocycles. The van der Waals surface area contributed by atoms with Crippen LogP contribution in [-0.2, 0) is 32.3 Å². The second kappa shape index (κ2) is 10.6.